The van der Waals surface area contributed by atoms with Crippen molar-refractivity contribution in [2.24, 2.45) is 0 Å². The number of nitrogens with one attached hydrogen (secondary N) is 2. The number of benzene rings is 2. The van der Waals surface area contributed by atoms with Crippen LogP contribution in [-0.2, 0) is 14.8 Å². The summed E-state index contributed by atoms with van der Waals surface area (Å²) in [5, 5.41) is 2.86. The molecule has 0 bridgehead atoms. The summed E-state index contributed by atoms with van der Waals surface area (Å²) in [6.07, 6.45) is 0. The van der Waals surface area contributed by atoms with E-state index in [1.54, 1.807) is 26.8 Å². The van der Waals surface area contributed by atoms with Crippen LogP contribution >= 0.6 is 11.6 Å². The molecule has 27 heavy (non-hydrogen) atoms. The van der Waals surface area contributed by atoms with Crippen molar-refractivity contribution in [1.82, 2.24) is 4.72 Å². The number of amides is 2. The Hall–Kier alpha value is -2.58. The van der Waals surface area contributed by atoms with Crippen molar-refractivity contribution in [3.63, 3.8) is 0 Å². The summed E-state index contributed by atoms with van der Waals surface area (Å²) in [6, 6.07) is 6.13. The van der Waals surface area contributed by atoms with Gasteiger partial charge in [-0.15, -0.1) is 0 Å². The summed E-state index contributed by atoms with van der Waals surface area (Å²) in [7, 11) is -4.06. The quantitative estimate of drug-likeness (QED) is 0.591. The maximum atomic E-state index is 12.3. The maximum Gasteiger partial charge on any atom is 0.333 e. The van der Waals surface area contributed by atoms with E-state index >= 15 is 0 Å². The number of ether oxygens (including phenoxy) is 1. The number of urea groups is 1. The lowest BCUT2D eigenvalue weighted by atomic mass is 10.0. The van der Waals surface area contributed by atoms with E-state index in [1.165, 1.54) is 31.2 Å². The third kappa shape index (κ3) is 4.99. The fourth-order valence-electron chi connectivity index (χ4n) is 2.38. The van der Waals surface area contributed by atoms with Crippen LogP contribution in [0.3, 0.4) is 0 Å². The van der Waals surface area contributed by atoms with Gasteiger partial charge < -0.3 is 10.1 Å². The molecule has 0 saturated carbocycles. The number of esters is 1. The zero-order valence-corrected chi connectivity index (χ0v) is 16.8. The highest BCUT2D eigenvalue weighted by atomic mass is 35.5. The van der Waals surface area contributed by atoms with Crippen LogP contribution in [0.25, 0.3) is 0 Å². The Morgan fingerprint density at radius 1 is 1.04 bits per heavy atom. The van der Waals surface area contributed by atoms with E-state index < -0.39 is 22.0 Å². The molecule has 0 heterocycles. The normalized spacial score (nSPS) is 11.0. The number of halogens is 1. The van der Waals surface area contributed by atoms with Crippen LogP contribution in [0.2, 0.25) is 5.02 Å². The lowest BCUT2D eigenvalue weighted by Crippen LogP contribution is -2.34. The lowest BCUT2D eigenvalue weighted by Gasteiger charge is -2.17. The van der Waals surface area contributed by atoms with Gasteiger partial charge in [-0.3, -0.25) is 4.79 Å². The van der Waals surface area contributed by atoms with Crippen molar-refractivity contribution in [1.29, 1.82) is 0 Å². The van der Waals surface area contributed by atoms with Crippen molar-refractivity contribution >= 4 is 39.3 Å². The van der Waals surface area contributed by atoms with Gasteiger partial charge in [-0.25, -0.2) is 17.9 Å². The van der Waals surface area contributed by atoms with Gasteiger partial charge in [0.1, 0.15) is 5.75 Å². The van der Waals surface area contributed by atoms with Crippen molar-refractivity contribution in [3.05, 3.63) is 52.0 Å². The van der Waals surface area contributed by atoms with Gasteiger partial charge in [0.15, 0.2) is 0 Å². The second-order valence-electron chi connectivity index (χ2n) is 5.93. The fourth-order valence-corrected chi connectivity index (χ4v) is 3.42. The van der Waals surface area contributed by atoms with Crippen molar-refractivity contribution in [3.8, 4) is 5.75 Å². The molecule has 2 aromatic rings. The first kappa shape index (κ1) is 20.7. The lowest BCUT2D eigenvalue weighted by molar-refractivity contribution is -0.131. The van der Waals surface area contributed by atoms with Crippen LogP contribution < -0.4 is 14.8 Å². The number of carbonyl (C=O) groups excluding carboxylic acids is 2. The van der Waals surface area contributed by atoms with Gasteiger partial charge in [0.2, 0.25) is 0 Å². The highest BCUT2D eigenvalue weighted by molar-refractivity contribution is 7.90. The number of sulfonamides is 1. The molecular weight excluding hydrogens is 392 g/mol. The third-order valence-corrected chi connectivity index (χ3v) is 5.48. The molecule has 0 atom stereocenters. The van der Waals surface area contributed by atoms with Crippen LogP contribution in [0, 0.1) is 20.8 Å². The first-order chi connectivity index (χ1) is 12.5. The average molecular weight is 411 g/mol. The van der Waals surface area contributed by atoms with Crippen LogP contribution in [0.1, 0.15) is 23.6 Å². The second kappa shape index (κ2) is 7.98. The Labute approximate surface area is 162 Å². The van der Waals surface area contributed by atoms with E-state index in [1.807, 2.05) is 4.72 Å². The molecule has 0 aromatic heterocycles. The summed E-state index contributed by atoms with van der Waals surface area (Å²) < 4.78 is 31.7. The zero-order valence-electron chi connectivity index (χ0n) is 15.2. The first-order valence-corrected chi connectivity index (χ1v) is 9.76. The van der Waals surface area contributed by atoms with Crippen LogP contribution in [-0.4, -0.2) is 20.4 Å². The molecule has 144 valence electrons. The van der Waals surface area contributed by atoms with Crippen LogP contribution in [0.4, 0.5) is 10.5 Å². The van der Waals surface area contributed by atoms with Crippen molar-refractivity contribution in [2.45, 2.75) is 32.6 Å². The molecule has 0 aliphatic rings. The monoisotopic (exact) mass is 410 g/mol. The number of hydrogen-bond acceptors (Lipinski definition) is 5. The van der Waals surface area contributed by atoms with Gasteiger partial charge in [-0.2, -0.15) is 0 Å². The molecule has 9 heteroatoms. The molecule has 2 rings (SSSR count). The number of hydrogen-bond donors (Lipinski definition) is 2. The molecule has 0 fully saturated rings. The molecule has 2 N–H and O–H groups in total. The number of rotatable bonds is 4. The predicted octanol–water partition coefficient (Wildman–Crippen LogP) is 3.70. The van der Waals surface area contributed by atoms with E-state index in [2.05, 4.69) is 5.32 Å². The van der Waals surface area contributed by atoms with Gasteiger partial charge in [0, 0.05) is 23.2 Å². The number of carbonyl (C=O) groups is 2. The molecule has 7 nitrogen and oxygen atoms in total. The minimum Gasteiger partial charge on any atom is -0.426 e. The number of anilines is 1. The second-order valence-corrected chi connectivity index (χ2v) is 8.05. The highest BCUT2D eigenvalue weighted by Crippen LogP contribution is 2.32. The van der Waals surface area contributed by atoms with E-state index in [4.69, 9.17) is 16.3 Å². The van der Waals surface area contributed by atoms with Gasteiger partial charge >= 0.3 is 12.0 Å². The Morgan fingerprint density at radius 2 is 1.63 bits per heavy atom. The smallest absolute Gasteiger partial charge is 0.333 e. The van der Waals surface area contributed by atoms with Crippen LogP contribution in [0.5, 0.6) is 5.75 Å². The van der Waals surface area contributed by atoms with E-state index in [0.717, 1.165) is 11.1 Å². The van der Waals surface area contributed by atoms with Gasteiger partial charge in [-0.1, -0.05) is 11.6 Å². The summed E-state index contributed by atoms with van der Waals surface area (Å²) in [5.41, 5.74) is 2.36. The molecule has 0 saturated heterocycles. The Bertz CT molecular complexity index is 1000. The van der Waals surface area contributed by atoms with Crippen molar-refractivity contribution in [2.75, 3.05) is 5.32 Å². The van der Waals surface area contributed by atoms with E-state index in [-0.39, 0.29) is 4.90 Å². The van der Waals surface area contributed by atoms with Crippen molar-refractivity contribution < 1.29 is 22.7 Å². The standard InChI is InChI=1S/C18H19ClN2O5S/c1-10-9-16(12(3)17(11(10)2)26-13(4)22)20-18(23)21-27(24,25)15-7-5-14(19)6-8-15/h5-9H,1-4H3,(H2,20,21,23). The largest absolute Gasteiger partial charge is 0.426 e. The molecule has 0 aliphatic heterocycles. The van der Waals surface area contributed by atoms with Gasteiger partial charge in [0.05, 0.1) is 4.90 Å². The molecular formula is C18H19ClN2O5S. The Balaban J connectivity index is 2.26. The van der Waals surface area contributed by atoms with Gasteiger partial charge in [-0.05, 0) is 62.2 Å². The summed E-state index contributed by atoms with van der Waals surface area (Å²) >= 11 is 5.74. The molecule has 0 unspecified atom stereocenters. The maximum absolute atomic E-state index is 12.3. The molecule has 2 aromatic carbocycles. The highest BCUT2D eigenvalue weighted by Gasteiger charge is 2.20. The molecule has 2 amide bonds. The third-order valence-electron chi connectivity index (χ3n) is 3.88. The SMILES string of the molecule is CC(=O)Oc1c(C)c(C)cc(NC(=O)NS(=O)(=O)c2ccc(Cl)cc2)c1C. The average Bonchev–Trinajstić information content (AvgIpc) is 2.56. The fraction of sp³-hybridized carbons (Fsp3) is 0.222. The predicted molar refractivity (Wildman–Crippen MR) is 103 cm³/mol. The summed E-state index contributed by atoms with van der Waals surface area (Å²) in [6.45, 7) is 6.51. The minimum atomic E-state index is -4.06. The molecule has 0 radical (unpaired) electrons. The minimum absolute atomic E-state index is 0.0977. The topological polar surface area (TPSA) is 102 Å². The number of aryl methyl sites for hydroxylation is 1. The molecule has 0 aliphatic carbocycles. The van der Waals surface area contributed by atoms with E-state index in [0.29, 0.717) is 22.0 Å². The van der Waals surface area contributed by atoms with E-state index in [9.17, 15) is 18.0 Å². The first-order valence-electron chi connectivity index (χ1n) is 7.90. The summed E-state index contributed by atoms with van der Waals surface area (Å²) in [4.78, 5) is 23.4. The molecule has 0 spiro atoms. The Morgan fingerprint density at radius 3 is 2.19 bits per heavy atom. The zero-order chi connectivity index (χ0) is 20.4. The van der Waals surface area contributed by atoms with Gasteiger partial charge in [0.25, 0.3) is 10.0 Å². The van der Waals surface area contributed by atoms with Crippen LogP contribution in [0.15, 0.2) is 35.2 Å². The summed E-state index contributed by atoms with van der Waals surface area (Å²) in [5.74, 6) is -0.161. The Kier molecular flexibility index (Phi) is 6.12.